The standard InChI is InChI=1S/C17H33NO/c1-13(2)15-7-5-14(6-8-15)12-18-10-9-16(19)11-17(18,3)4/h13-16,19H,5-12H2,1-4H3. The van der Waals surface area contributed by atoms with E-state index in [4.69, 9.17) is 0 Å². The lowest BCUT2D eigenvalue weighted by Crippen LogP contribution is -2.53. The van der Waals surface area contributed by atoms with Gasteiger partial charge in [0, 0.05) is 18.6 Å². The second kappa shape index (κ2) is 6.13. The van der Waals surface area contributed by atoms with E-state index in [9.17, 15) is 5.11 Å². The van der Waals surface area contributed by atoms with Crippen molar-refractivity contribution in [1.82, 2.24) is 4.90 Å². The molecule has 112 valence electrons. The molecule has 2 aliphatic rings. The molecule has 1 heterocycles. The van der Waals surface area contributed by atoms with Crippen LogP contribution in [0.5, 0.6) is 0 Å². The number of hydrogen-bond acceptors (Lipinski definition) is 2. The van der Waals surface area contributed by atoms with Crippen molar-refractivity contribution >= 4 is 0 Å². The van der Waals surface area contributed by atoms with Crippen molar-refractivity contribution in [2.24, 2.45) is 17.8 Å². The Hall–Kier alpha value is -0.0800. The van der Waals surface area contributed by atoms with Gasteiger partial charge in [-0.2, -0.15) is 0 Å². The van der Waals surface area contributed by atoms with Gasteiger partial charge in [-0.25, -0.2) is 0 Å². The fraction of sp³-hybridized carbons (Fsp3) is 1.00. The minimum absolute atomic E-state index is 0.0806. The molecule has 0 aromatic carbocycles. The predicted molar refractivity (Wildman–Crippen MR) is 81.2 cm³/mol. The van der Waals surface area contributed by atoms with Gasteiger partial charge in [-0.15, -0.1) is 0 Å². The Kier molecular flexibility index (Phi) is 4.94. The average molecular weight is 267 g/mol. The third-order valence-corrected chi connectivity index (χ3v) is 5.64. The van der Waals surface area contributed by atoms with Gasteiger partial charge in [-0.1, -0.05) is 13.8 Å². The van der Waals surface area contributed by atoms with Crippen LogP contribution in [-0.2, 0) is 0 Å². The lowest BCUT2D eigenvalue weighted by Gasteiger charge is -2.46. The minimum atomic E-state index is -0.0806. The zero-order valence-corrected chi connectivity index (χ0v) is 13.4. The molecule has 1 N–H and O–H groups in total. The van der Waals surface area contributed by atoms with Gasteiger partial charge in [0.25, 0.3) is 0 Å². The lowest BCUT2D eigenvalue weighted by molar-refractivity contribution is -0.0150. The first-order chi connectivity index (χ1) is 8.88. The van der Waals surface area contributed by atoms with Crippen molar-refractivity contribution in [2.75, 3.05) is 13.1 Å². The van der Waals surface area contributed by atoms with Crippen LogP contribution in [0, 0.1) is 17.8 Å². The van der Waals surface area contributed by atoms with E-state index in [2.05, 4.69) is 32.6 Å². The molecule has 1 aliphatic heterocycles. The summed E-state index contributed by atoms with van der Waals surface area (Å²) < 4.78 is 0. The molecule has 2 fully saturated rings. The highest BCUT2D eigenvalue weighted by molar-refractivity contribution is 4.91. The molecular weight excluding hydrogens is 234 g/mol. The Morgan fingerprint density at radius 3 is 2.26 bits per heavy atom. The zero-order chi connectivity index (χ0) is 14.0. The van der Waals surface area contributed by atoms with Crippen LogP contribution in [0.25, 0.3) is 0 Å². The molecule has 0 aromatic heterocycles. The molecule has 0 spiro atoms. The van der Waals surface area contributed by atoms with Gasteiger partial charge >= 0.3 is 0 Å². The molecule has 2 heteroatoms. The Bertz CT molecular complexity index is 279. The summed E-state index contributed by atoms with van der Waals surface area (Å²) in [5.41, 5.74) is 0.187. The van der Waals surface area contributed by atoms with Crippen molar-refractivity contribution in [3.8, 4) is 0 Å². The van der Waals surface area contributed by atoms with Crippen molar-refractivity contribution in [3.63, 3.8) is 0 Å². The van der Waals surface area contributed by atoms with E-state index < -0.39 is 0 Å². The second-order valence-electron chi connectivity index (χ2n) is 7.93. The summed E-state index contributed by atoms with van der Waals surface area (Å²) in [6, 6.07) is 0. The van der Waals surface area contributed by atoms with Gasteiger partial charge in [0.05, 0.1) is 6.10 Å². The number of likely N-dealkylation sites (tertiary alicyclic amines) is 1. The highest BCUT2D eigenvalue weighted by atomic mass is 16.3. The number of hydrogen-bond donors (Lipinski definition) is 1. The summed E-state index contributed by atoms with van der Waals surface area (Å²) >= 11 is 0. The Morgan fingerprint density at radius 1 is 1.11 bits per heavy atom. The maximum Gasteiger partial charge on any atom is 0.0569 e. The van der Waals surface area contributed by atoms with Crippen LogP contribution in [0.15, 0.2) is 0 Å². The van der Waals surface area contributed by atoms with Crippen molar-refractivity contribution in [3.05, 3.63) is 0 Å². The Morgan fingerprint density at radius 2 is 1.74 bits per heavy atom. The van der Waals surface area contributed by atoms with Crippen molar-refractivity contribution < 1.29 is 5.11 Å². The van der Waals surface area contributed by atoms with E-state index in [1.54, 1.807) is 0 Å². The van der Waals surface area contributed by atoms with E-state index in [1.165, 1.54) is 32.2 Å². The summed E-state index contributed by atoms with van der Waals surface area (Å²) in [4.78, 5) is 2.64. The topological polar surface area (TPSA) is 23.5 Å². The normalized spacial score (nSPS) is 36.6. The van der Waals surface area contributed by atoms with E-state index in [1.807, 2.05) is 0 Å². The molecule has 1 atom stereocenters. The molecule has 1 saturated carbocycles. The van der Waals surface area contributed by atoms with Crippen LogP contribution in [0.2, 0.25) is 0 Å². The van der Waals surface area contributed by atoms with Crippen LogP contribution < -0.4 is 0 Å². The number of rotatable bonds is 3. The number of piperidine rings is 1. The van der Waals surface area contributed by atoms with Gasteiger partial charge in [0.2, 0.25) is 0 Å². The summed E-state index contributed by atoms with van der Waals surface area (Å²) in [6.07, 6.45) is 7.51. The molecule has 1 unspecified atom stereocenters. The van der Waals surface area contributed by atoms with E-state index in [-0.39, 0.29) is 11.6 Å². The summed E-state index contributed by atoms with van der Waals surface area (Å²) in [6.45, 7) is 11.7. The van der Waals surface area contributed by atoms with Gasteiger partial charge in [-0.05, 0) is 70.1 Å². The monoisotopic (exact) mass is 267 g/mol. The fourth-order valence-electron chi connectivity index (χ4n) is 4.10. The Balaban J connectivity index is 1.82. The SMILES string of the molecule is CC(C)C1CCC(CN2CCC(O)CC2(C)C)CC1. The van der Waals surface area contributed by atoms with Crippen LogP contribution in [0.1, 0.15) is 66.2 Å². The maximum atomic E-state index is 9.84. The first kappa shape index (κ1) is 15.3. The summed E-state index contributed by atoms with van der Waals surface area (Å²) in [5.74, 6) is 2.72. The lowest BCUT2D eigenvalue weighted by atomic mass is 9.76. The zero-order valence-electron chi connectivity index (χ0n) is 13.4. The number of aliphatic hydroxyl groups excluding tert-OH is 1. The molecule has 0 radical (unpaired) electrons. The smallest absolute Gasteiger partial charge is 0.0569 e. The van der Waals surface area contributed by atoms with Crippen molar-refractivity contribution in [1.29, 1.82) is 0 Å². The molecule has 0 amide bonds. The van der Waals surface area contributed by atoms with Crippen LogP contribution in [0.4, 0.5) is 0 Å². The summed E-state index contributed by atoms with van der Waals surface area (Å²) in [7, 11) is 0. The molecule has 2 nitrogen and oxygen atoms in total. The molecule has 2 rings (SSSR count). The largest absolute Gasteiger partial charge is 0.393 e. The predicted octanol–water partition coefficient (Wildman–Crippen LogP) is 3.68. The maximum absolute atomic E-state index is 9.84. The van der Waals surface area contributed by atoms with Crippen LogP contribution in [-0.4, -0.2) is 34.7 Å². The highest BCUT2D eigenvalue weighted by Gasteiger charge is 2.35. The van der Waals surface area contributed by atoms with Gasteiger partial charge in [0.1, 0.15) is 0 Å². The number of nitrogens with zero attached hydrogens (tertiary/aromatic N) is 1. The van der Waals surface area contributed by atoms with Gasteiger partial charge in [-0.3, -0.25) is 4.90 Å². The molecule has 1 aliphatic carbocycles. The third-order valence-electron chi connectivity index (χ3n) is 5.64. The number of aliphatic hydroxyl groups is 1. The first-order valence-corrected chi connectivity index (χ1v) is 8.31. The highest BCUT2D eigenvalue weighted by Crippen LogP contribution is 2.36. The molecule has 1 saturated heterocycles. The third kappa shape index (κ3) is 3.95. The van der Waals surface area contributed by atoms with Crippen LogP contribution >= 0.6 is 0 Å². The first-order valence-electron chi connectivity index (χ1n) is 8.31. The average Bonchev–Trinajstić information content (AvgIpc) is 2.33. The molecule has 0 bridgehead atoms. The summed E-state index contributed by atoms with van der Waals surface area (Å²) in [5, 5.41) is 9.84. The van der Waals surface area contributed by atoms with E-state index in [0.29, 0.717) is 0 Å². The van der Waals surface area contributed by atoms with Crippen molar-refractivity contribution in [2.45, 2.75) is 77.9 Å². The second-order valence-corrected chi connectivity index (χ2v) is 7.93. The van der Waals surface area contributed by atoms with Crippen LogP contribution in [0.3, 0.4) is 0 Å². The van der Waals surface area contributed by atoms with Gasteiger partial charge < -0.3 is 5.11 Å². The van der Waals surface area contributed by atoms with E-state index in [0.717, 1.165) is 37.1 Å². The molecule has 0 aromatic rings. The quantitative estimate of drug-likeness (QED) is 0.843. The van der Waals surface area contributed by atoms with E-state index >= 15 is 0 Å². The fourth-order valence-corrected chi connectivity index (χ4v) is 4.10. The van der Waals surface area contributed by atoms with Gasteiger partial charge in [0.15, 0.2) is 0 Å². The molecular formula is C17H33NO. The molecule has 19 heavy (non-hydrogen) atoms. The Labute approximate surface area is 119 Å². The minimum Gasteiger partial charge on any atom is -0.393 e.